The first-order chi connectivity index (χ1) is 13.6. The van der Waals surface area contributed by atoms with Crippen molar-refractivity contribution in [3.63, 3.8) is 0 Å². The molecule has 5 heteroatoms. The highest BCUT2D eigenvalue weighted by Gasteiger charge is 2.14. The molecule has 0 heterocycles. The molecular weight excluding hydrogens is 374 g/mol. The van der Waals surface area contributed by atoms with E-state index >= 15 is 0 Å². The number of benzene rings is 3. The molecule has 0 amide bonds. The van der Waals surface area contributed by atoms with Crippen LogP contribution in [0.15, 0.2) is 66.2 Å². The minimum atomic E-state index is -0.651. The number of rotatable bonds is 6. The van der Waals surface area contributed by atoms with Crippen LogP contribution in [-0.2, 0) is 16.1 Å². The van der Waals surface area contributed by atoms with Crippen molar-refractivity contribution in [3.05, 3.63) is 82.4 Å². The van der Waals surface area contributed by atoms with Crippen molar-refractivity contribution in [1.29, 1.82) is 5.26 Å². The Morgan fingerprint density at radius 2 is 1.86 bits per heavy atom. The molecule has 0 spiro atoms. The highest BCUT2D eigenvalue weighted by atomic mass is 35.5. The fourth-order valence-corrected chi connectivity index (χ4v) is 2.91. The maximum atomic E-state index is 12.1. The summed E-state index contributed by atoms with van der Waals surface area (Å²) in [5, 5.41) is 11.9. The lowest BCUT2D eigenvalue weighted by Gasteiger charge is -2.13. The number of carbonyl (C=O) groups excluding carboxylic acids is 1. The molecule has 140 valence electrons. The van der Waals surface area contributed by atoms with Crippen LogP contribution in [0.25, 0.3) is 16.8 Å². The van der Waals surface area contributed by atoms with Gasteiger partial charge in [0, 0.05) is 10.6 Å². The van der Waals surface area contributed by atoms with Gasteiger partial charge in [0.25, 0.3) is 0 Å². The molecule has 3 aromatic carbocycles. The van der Waals surface area contributed by atoms with E-state index in [0.29, 0.717) is 22.9 Å². The Hall–Kier alpha value is -3.29. The Bertz CT molecular complexity index is 1070. The number of hydrogen-bond acceptors (Lipinski definition) is 4. The minimum absolute atomic E-state index is 0.0745. The number of fused-ring (bicyclic) bond motifs is 1. The number of carbonyl (C=O) groups is 1. The number of esters is 1. The normalized spacial score (nSPS) is 11.1. The van der Waals surface area contributed by atoms with Crippen molar-refractivity contribution >= 4 is 34.4 Å². The van der Waals surface area contributed by atoms with Gasteiger partial charge in [-0.1, -0.05) is 54.1 Å². The van der Waals surface area contributed by atoms with Crippen LogP contribution in [0.2, 0.25) is 5.02 Å². The van der Waals surface area contributed by atoms with Gasteiger partial charge in [-0.05, 0) is 47.5 Å². The monoisotopic (exact) mass is 391 g/mol. The zero-order chi connectivity index (χ0) is 19.9. The van der Waals surface area contributed by atoms with Crippen molar-refractivity contribution in [2.24, 2.45) is 0 Å². The van der Waals surface area contributed by atoms with Crippen molar-refractivity contribution in [3.8, 4) is 11.8 Å². The van der Waals surface area contributed by atoms with E-state index in [-0.39, 0.29) is 12.2 Å². The number of hydrogen-bond donors (Lipinski definition) is 0. The summed E-state index contributed by atoms with van der Waals surface area (Å²) in [6, 6.07) is 20.8. The molecule has 0 N–H and O–H groups in total. The Labute approximate surface area is 168 Å². The van der Waals surface area contributed by atoms with E-state index in [1.807, 2.05) is 54.6 Å². The maximum absolute atomic E-state index is 12.1. The summed E-state index contributed by atoms with van der Waals surface area (Å²) >= 11 is 5.93. The maximum Gasteiger partial charge on any atom is 0.348 e. The Balaban J connectivity index is 2.02. The van der Waals surface area contributed by atoms with Crippen LogP contribution < -0.4 is 4.74 Å². The van der Waals surface area contributed by atoms with E-state index in [1.54, 1.807) is 19.1 Å². The van der Waals surface area contributed by atoms with Crippen LogP contribution in [0.4, 0.5) is 0 Å². The average Bonchev–Trinajstić information content (AvgIpc) is 2.72. The van der Waals surface area contributed by atoms with Gasteiger partial charge in [-0.3, -0.25) is 0 Å². The van der Waals surface area contributed by atoms with Gasteiger partial charge >= 0.3 is 5.97 Å². The van der Waals surface area contributed by atoms with E-state index in [0.717, 1.165) is 16.3 Å². The van der Waals surface area contributed by atoms with Gasteiger partial charge in [0.15, 0.2) is 0 Å². The zero-order valence-corrected chi connectivity index (χ0v) is 16.1. The summed E-state index contributed by atoms with van der Waals surface area (Å²) in [7, 11) is 0. The minimum Gasteiger partial charge on any atom is -0.488 e. The molecule has 0 unspecified atom stereocenters. The molecule has 0 saturated heterocycles. The average molecular weight is 392 g/mol. The highest BCUT2D eigenvalue weighted by molar-refractivity contribution is 6.30. The van der Waals surface area contributed by atoms with Crippen molar-refractivity contribution < 1.29 is 14.3 Å². The van der Waals surface area contributed by atoms with Crippen molar-refractivity contribution in [2.45, 2.75) is 13.5 Å². The second-order valence-corrected chi connectivity index (χ2v) is 6.44. The highest BCUT2D eigenvalue weighted by Crippen LogP contribution is 2.31. The lowest BCUT2D eigenvalue weighted by atomic mass is 10.0. The van der Waals surface area contributed by atoms with Gasteiger partial charge in [0.1, 0.15) is 24.0 Å². The van der Waals surface area contributed by atoms with Gasteiger partial charge in [0.05, 0.1) is 6.61 Å². The number of ether oxygens (including phenoxy) is 2. The summed E-state index contributed by atoms with van der Waals surface area (Å²) in [5.74, 6) is -0.0766. The number of nitrogens with zero attached hydrogens (tertiary/aromatic N) is 1. The van der Waals surface area contributed by atoms with Gasteiger partial charge in [0.2, 0.25) is 0 Å². The van der Waals surface area contributed by atoms with Gasteiger partial charge < -0.3 is 9.47 Å². The van der Waals surface area contributed by atoms with Gasteiger partial charge in [-0.25, -0.2) is 4.79 Å². The predicted octanol–water partition coefficient (Wildman–Crippen LogP) is 5.54. The molecule has 0 aliphatic carbocycles. The molecule has 4 nitrogen and oxygen atoms in total. The summed E-state index contributed by atoms with van der Waals surface area (Å²) in [6.07, 6.45) is 1.53. The van der Waals surface area contributed by atoms with E-state index in [2.05, 4.69) is 0 Å². The fraction of sp³-hybridized carbons (Fsp3) is 0.130. The Kier molecular flexibility index (Phi) is 6.31. The van der Waals surface area contributed by atoms with Crippen LogP contribution in [0.1, 0.15) is 18.1 Å². The summed E-state index contributed by atoms with van der Waals surface area (Å²) < 4.78 is 11.0. The van der Waals surface area contributed by atoms with Gasteiger partial charge in [-0.2, -0.15) is 5.26 Å². The van der Waals surface area contributed by atoms with Crippen LogP contribution in [0, 0.1) is 11.3 Å². The first-order valence-electron chi connectivity index (χ1n) is 8.80. The summed E-state index contributed by atoms with van der Waals surface area (Å²) in [6.45, 7) is 2.23. The van der Waals surface area contributed by atoms with E-state index < -0.39 is 5.97 Å². The lowest BCUT2D eigenvalue weighted by molar-refractivity contribution is -0.137. The standard InChI is InChI=1S/C23H18ClNO3/c1-2-27-23(26)18(14-25)13-21-20-6-4-3-5-17(20)9-12-22(21)28-15-16-7-10-19(24)11-8-16/h3-13H,2,15H2,1H3/b18-13+. The molecule has 0 saturated carbocycles. The quantitative estimate of drug-likeness (QED) is 0.314. The van der Waals surface area contributed by atoms with Gasteiger partial charge in [-0.15, -0.1) is 0 Å². The number of nitriles is 1. The SMILES string of the molecule is CCOC(=O)/C(C#N)=C/c1c(OCc2ccc(Cl)cc2)ccc2ccccc12. The first kappa shape index (κ1) is 19.5. The molecular formula is C23H18ClNO3. The molecule has 3 rings (SSSR count). The Morgan fingerprint density at radius 1 is 1.11 bits per heavy atom. The third kappa shape index (κ3) is 4.51. The zero-order valence-electron chi connectivity index (χ0n) is 15.3. The largest absolute Gasteiger partial charge is 0.488 e. The molecule has 0 radical (unpaired) electrons. The number of halogens is 1. The van der Waals surface area contributed by atoms with Crippen LogP contribution in [-0.4, -0.2) is 12.6 Å². The van der Waals surface area contributed by atoms with Crippen molar-refractivity contribution in [1.82, 2.24) is 0 Å². The molecule has 0 atom stereocenters. The topological polar surface area (TPSA) is 59.3 Å². The lowest BCUT2D eigenvalue weighted by Crippen LogP contribution is -2.06. The van der Waals surface area contributed by atoms with Crippen LogP contribution in [0.3, 0.4) is 0 Å². The molecule has 3 aromatic rings. The molecule has 0 aliphatic rings. The second-order valence-electron chi connectivity index (χ2n) is 6.00. The molecule has 0 bridgehead atoms. The third-order valence-corrected chi connectivity index (χ3v) is 4.39. The fourth-order valence-electron chi connectivity index (χ4n) is 2.78. The molecule has 0 aliphatic heterocycles. The smallest absolute Gasteiger partial charge is 0.348 e. The predicted molar refractivity (Wildman–Crippen MR) is 110 cm³/mol. The van der Waals surface area contributed by atoms with Crippen LogP contribution >= 0.6 is 11.6 Å². The first-order valence-corrected chi connectivity index (χ1v) is 9.18. The Morgan fingerprint density at radius 3 is 2.57 bits per heavy atom. The van der Waals surface area contributed by atoms with E-state index in [1.165, 1.54) is 6.08 Å². The summed E-state index contributed by atoms with van der Waals surface area (Å²) in [5.41, 5.74) is 1.55. The van der Waals surface area contributed by atoms with E-state index in [9.17, 15) is 10.1 Å². The molecule has 28 heavy (non-hydrogen) atoms. The van der Waals surface area contributed by atoms with Crippen molar-refractivity contribution in [2.75, 3.05) is 6.61 Å². The molecule has 0 fully saturated rings. The second kappa shape index (κ2) is 9.07. The molecule has 0 aromatic heterocycles. The van der Waals surface area contributed by atoms with Crippen LogP contribution in [0.5, 0.6) is 5.75 Å². The summed E-state index contributed by atoms with van der Waals surface area (Å²) in [4.78, 5) is 12.1. The third-order valence-electron chi connectivity index (χ3n) is 4.14. The van der Waals surface area contributed by atoms with E-state index in [4.69, 9.17) is 21.1 Å².